The summed E-state index contributed by atoms with van der Waals surface area (Å²) >= 11 is 0. The Morgan fingerprint density at radius 2 is 2.06 bits per heavy atom. The van der Waals surface area contributed by atoms with Crippen LogP contribution in [0.25, 0.3) is 0 Å². The number of ether oxygens (including phenoxy) is 1. The summed E-state index contributed by atoms with van der Waals surface area (Å²) in [7, 11) is 1.70. The van der Waals surface area contributed by atoms with E-state index < -0.39 is 5.41 Å². The minimum atomic E-state index is -0.410. The monoisotopic (exact) mass is 230 g/mol. The summed E-state index contributed by atoms with van der Waals surface area (Å²) in [6.07, 6.45) is 3.91. The second-order valence-corrected chi connectivity index (χ2v) is 4.43. The molecule has 1 unspecified atom stereocenters. The number of carbonyl (C=O) groups excluding carboxylic acids is 1. The largest absolute Gasteiger partial charge is 0.385 e. The van der Waals surface area contributed by atoms with E-state index >= 15 is 0 Å². The molecule has 0 aromatic carbocycles. The van der Waals surface area contributed by atoms with Crippen LogP contribution in [0.2, 0.25) is 0 Å². The van der Waals surface area contributed by atoms with Crippen molar-refractivity contribution in [2.45, 2.75) is 39.5 Å². The van der Waals surface area contributed by atoms with Crippen LogP contribution in [0.3, 0.4) is 0 Å². The van der Waals surface area contributed by atoms with Crippen molar-refractivity contribution in [1.82, 2.24) is 5.32 Å². The quantitative estimate of drug-likeness (QED) is 0.587. The molecule has 0 spiro atoms. The van der Waals surface area contributed by atoms with Gasteiger partial charge in [0.05, 0.1) is 5.41 Å². The fourth-order valence-electron chi connectivity index (χ4n) is 1.36. The first-order chi connectivity index (χ1) is 7.60. The number of rotatable bonds is 9. The van der Waals surface area contributed by atoms with Crippen molar-refractivity contribution >= 4 is 5.91 Å². The summed E-state index contributed by atoms with van der Waals surface area (Å²) in [4.78, 5) is 11.8. The van der Waals surface area contributed by atoms with E-state index in [1.807, 2.05) is 13.8 Å². The van der Waals surface area contributed by atoms with E-state index in [0.717, 1.165) is 38.8 Å². The van der Waals surface area contributed by atoms with Gasteiger partial charge in [-0.2, -0.15) is 0 Å². The molecule has 0 aliphatic rings. The molecule has 0 bridgehead atoms. The van der Waals surface area contributed by atoms with E-state index in [9.17, 15) is 4.79 Å². The predicted octanol–water partition coefficient (Wildman–Crippen LogP) is 1.29. The Kier molecular flexibility index (Phi) is 8.21. The maximum Gasteiger partial charge on any atom is 0.227 e. The average Bonchev–Trinajstić information content (AvgIpc) is 2.32. The second kappa shape index (κ2) is 8.53. The van der Waals surface area contributed by atoms with E-state index in [1.165, 1.54) is 0 Å². The van der Waals surface area contributed by atoms with Crippen LogP contribution in [0, 0.1) is 5.41 Å². The summed E-state index contributed by atoms with van der Waals surface area (Å²) < 4.78 is 4.95. The molecule has 0 aromatic rings. The lowest BCUT2D eigenvalue weighted by Gasteiger charge is -2.24. The van der Waals surface area contributed by atoms with Gasteiger partial charge in [0, 0.05) is 26.8 Å². The SMILES string of the molecule is CCC(C)(CN)C(=O)NCCCCCOC. The number of methoxy groups -OCH3 is 1. The van der Waals surface area contributed by atoms with Gasteiger partial charge in [-0.25, -0.2) is 0 Å². The lowest BCUT2D eigenvalue weighted by molar-refractivity contribution is -0.129. The van der Waals surface area contributed by atoms with Crippen molar-refractivity contribution in [2.75, 3.05) is 26.8 Å². The number of nitrogens with two attached hydrogens (primary N) is 1. The lowest BCUT2D eigenvalue weighted by Crippen LogP contribution is -2.43. The van der Waals surface area contributed by atoms with Crippen molar-refractivity contribution in [3.05, 3.63) is 0 Å². The minimum absolute atomic E-state index is 0.0734. The zero-order valence-corrected chi connectivity index (χ0v) is 10.8. The molecular weight excluding hydrogens is 204 g/mol. The molecule has 0 aromatic heterocycles. The van der Waals surface area contributed by atoms with Gasteiger partial charge in [-0.1, -0.05) is 6.92 Å². The van der Waals surface area contributed by atoms with Gasteiger partial charge in [-0.3, -0.25) is 4.79 Å². The zero-order valence-electron chi connectivity index (χ0n) is 10.8. The van der Waals surface area contributed by atoms with Crippen LogP contribution in [-0.2, 0) is 9.53 Å². The molecule has 0 fully saturated rings. The molecule has 1 amide bonds. The number of amides is 1. The first-order valence-electron chi connectivity index (χ1n) is 6.08. The van der Waals surface area contributed by atoms with Crippen molar-refractivity contribution in [3.63, 3.8) is 0 Å². The van der Waals surface area contributed by atoms with Crippen LogP contribution in [0.15, 0.2) is 0 Å². The van der Waals surface area contributed by atoms with Crippen LogP contribution in [-0.4, -0.2) is 32.7 Å². The molecule has 0 saturated heterocycles. The number of carbonyl (C=O) groups is 1. The van der Waals surface area contributed by atoms with Gasteiger partial charge in [-0.05, 0) is 32.6 Å². The van der Waals surface area contributed by atoms with Gasteiger partial charge in [0.25, 0.3) is 0 Å². The van der Waals surface area contributed by atoms with Crippen LogP contribution in [0.5, 0.6) is 0 Å². The van der Waals surface area contributed by atoms with Crippen molar-refractivity contribution in [1.29, 1.82) is 0 Å². The molecule has 0 aliphatic carbocycles. The molecule has 16 heavy (non-hydrogen) atoms. The molecule has 0 aliphatic heterocycles. The van der Waals surface area contributed by atoms with E-state index in [4.69, 9.17) is 10.5 Å². The molecule has 0 heterocycles. The Hall–Kier alpha value is -0.610. The standard InChI is InChI=1S/C12H26N2O2/c1-4-12(2,10-13)11(15)14-8-6-5-7-9-16-3/h4-10,13H2,1-3H3,(H,14,15). The highest BCUT2D eigenvalue weighted by molar-refractivity contribution is 5.82. The van der Waals surface area contributed by atoms with Crippen molar-refractivity contribution in [3.8, 4) is 0 Å². The highest BCUT2D eigenvalue weighted by Gasteiger charge is 2.28. The summed E-state index contributed by atoms with van der Waals surface area (Å²) in [6, 6.07) is 0. The third-order valence-electron chi connectivity index (χ3n) is 3.09. The molecular formula is C12H26N2O2. The van der Waals surface area contributed by atoms with E-state index in [1.54, 1.807) is 7.11 Å². The Morgan fingerprint density at radius 1 is 1.38 bits per heavy atom. The van der Waals surface area contributed by atoms with Crippen LogP contribution >= 0.6 is 0 Å². The van der Waals surface area contributed by atoms with Crippen LogP contribution < -0.4 is 11.1 Å². The van der Waals surface area contributed by atoms with E-state index in [-0.39, 0.29) is 5.91 Å². The fraction of sp³-hybridized carbons (Fsp3) is 0.917. The molecule has 1 atom stereocenters. The molecule has 0 radical (unpaired) electrons. The van der Waals surface area contributed by atoms with Gasteiger partial charge in [0.1, 0.15) is 0 Å². The number of hydrogen-bond acceptors (Lipinski definition) is 3. The van der Waals surface area contributed by atoms with Crippen LogP contribution in [0.1, 0.15) is 39.5 Å². The third kappa shape index (κ3) is 5.47. The highest BCUT2D eigenvalue weighted by Crippen LogP contribution is 2.18. The minimum Gasteiger partial charge on any atom is -0.385 e. The molecule has 96 valence electrons. The van der Waals surface area contributed by atoms with E-state index in [2.05, 4.69) is 5.32 Å². The topological polar surface area (TPSA) is 64.4 Å². The first kappa shape index (κ1) is 15.4. The Labute approximate surface area is 98.9 Å². The molecule has 4 nitrogen and oxygen atoms in total. The summed E-state index contributed by atoms with van der Waals surface area (Å²) in [5.41, 5.74) is 5.20. The highest BCUT2D eigenvalue weighted by atomic mass is 16.5. The van der Waals surface area contributed by atoms with Crippen molar-refractivity contribution < 1.29 is 9.53 Å². The summed E-state index contributed by atoms with van der Waals surface area (Å²) in [6.45, 7) is 5.83. The summed E-state index contributed by atoms with van der Waals surface area (Å²) in [5.74, 6) is 0.0734. The second-order valence-electron chi connectivity index (χ2n) is 4.43. The summed E-state index contributed by atoms with van der Waals surface area (Å²) in [5, 5.41) is 2.94. The molecule has 0 saturated carbocycles. The van der Waals surface area contributed by atoms with Gasteiger partial charge in [-0.15, -0.1) is 0 Å². The van der Waals surface area contributed by atoms with Crippen molar-refractivity contribution in [2.24, 2.45) is 11.1 Å². The maximum atomic E-state index is 11.8. The smallest absolute Gasteiger partial charge is 0.227 e. The Morgan fingerprint density at radius 3 is 2.56 bits per heavy atom. The van der Waals surface area contributed by atoms with Gasteiger partial charge in [0.15, 0.2) is 0 Å². The number of hydrogen-bond donors (Lipinski definition) is 2. The predicted molar refractivity (Wildman–Crippen MR) is 66.2 cm³/mol. The van der Waals surface area contributed by atoms with Gasteiger partial charge in [0.2, 0.25) is 5.91 Å². The number of nitrogens with one attached hydrogen (secondary N) is 1. The normalized spacial score (nSPS) is 14.5. The van der Waals surface area contributed by atoms with Gasteiger partial charge >= 0.3 is 0 Å². The van der Waals surface area contributed by atoms with Crippen LogP contribution in [0.4, 0.5) is 0 Å². The molecule has 0 rings (SSSR count). The lowest BCUT2D eigenvalue weighted by atomic mass is 9.86. The first-order valence-corrected chi connectivity index (χ1v) is 6.08. The Bertz CT molecular complexity index is 191. The Balaban J connectivity index is 3.64. The average molecular weight is 230 g/mol. The third-order valence-corrected chi connectivity index (χ3v) is 3.09. The number of unbranched alkanes of at least 4 members (excludes halogenated alkanes) is 2. The maximum absolute atomic E-state index is 11.8. The zero-order chi connectivity index (χ0) is 12.4. The molecule has 4 heteroatoms. The van der Waals surface area contributed by atoms with Gasteiger partial charge < -0.3 is 15.8 Å². The molecule has 3 N–H and O–H groups in total. The fourth-order valence-corrected chi connectivity index (χ4v) is 1.36. The van der Waals surface area contributed by atoms with E-state index in [0.29, 0.717) is 6.54 Å².